The van der Waals surface area contributed by atoms with Crippen LogP contribution in [0.4, 0.5) is 0 Å². The minimum absolute atomic E-state index is 0.796. The number of benzene rings is 1. The maximum Gasteiger partial charge on any atom is 0.150 e. The van der Waals surface area contributed by atoms with Gasteiger partial charge in [0, 0.05) is 12.8 Å². The Kier molecular flexibility index (Phi) is 7.73. The first kappa shape index (κ1) is 18.4. The van der Waals surface area contributed by atoms with Crippen molar-refractivity contribution in [3.63, 3.8) is 0 Å². The van der Waals surface area contributed by atoms with Gasteiger partial charge in [0.1, 0.15) is 5.82 Å². The Morgan fingerprint density at radius 2 is 1.71 bits per heavy atom. The molecule has 1 aromatic heterocycles. The molecular weight excluding hydrogens is 294 g/mol. The minimum Gasteiger partial charge on any atom is -0.245 e. The Balaban J connectivity index is 1.90. The molecule has 0 N–H and O–H groups in total. The molecule has 0 fully saturated rings. The largest absolute Gasteiger partial charge is 0.245 e. The monoisotopic (exact) mass is 325 g/mol. The molecule has 130 valence electrons. The number of hydrogen-bond donors (Lipinski definition) is 0. The van der Waals surface area contributed by atoms with E-state index in [0.717, 1.165) is 36.6 Å². The third-order valence-electron chi connectivity index (χ3n) is 4.41. The van der Waals surface area contributed by atoms with Gasteiger partial charge in [-0.3, -0.25) is 0 Å². The molecule has 0 saturated heterocycles. The van der Waals surface area contributed by atoms with E-state index in [1.54, 1.807) is 0 Å². The van der Waals surface area contributed by atoms with Crippen LogP contribution < -0.4 is 0 Å². The van der Waals surface area contributed by atoms with E-state index in [9.17, 15) is 0 Å². The lowest BCUT2D eigenvalue weighted by molar-refractivity contribution is 0.594. The van der Waals surface area contributed by atoms with Gasteiger partial charge in [0.15, 0.2) is 5.82 Å². The molecule has 3 heteroatoms. The van der Waals surface area contributed by atoms with Gasteiger partial charge < -0.3 is 0 Å². The van der Waals surface area contributed by atoms with Crippen LogP contribution in [0.15, 0.2) is 30.8 Å². The van der Waals surface area contributed by atoms with E-state index in [1.807, 2.05) is 6.08 Å². The summed E-state index contributed by atoms with van der Waals surface area (Å²) in [5.41, 5.74) is 2.41. The Morgan fingerprint density at radius 3 is 2.38 bits per heavy atom. The van der Waals surface area contributed by atoms with Gasteiger partial charge in [-0.1, -0.05) is 82.9 Å². The van der Waals surface area contributed by atoms with Gasteiger partial charge in [-0.15, -0.1) is 0 Å². The highest BCUT2D eigenvalue weighted by Gasteiger charge is 2.09. The molecule has 0 aliphatic rings. The minimum atomic E-state index is 0.796. The Morgan fingerprint density at radius 1 is 1.00 bits per heavy atom. The highest BCUT2D eigenvalue weighted by Crippen LogP contribution is 2.11. The fraction of sp³-hybridized carbons (Fsp3) is 0.524. The van der Waals surface area contributed by atoms with Crippen LogP contribution in [0.2, 0.25) is 0 Å². The first-order valence-electron chi connectivity index (χ1n) is 9.40. The van der Waals surface area contributed by atoms with Gasteiger partial charge in [0.05, 0.1) is 6.54 Å². The average molecular weight is 326 g/mol. The van der Waals surface area contributed by atoms with Crippen molar-refractivity contribution in [2.75, 3.05) is 0 Å². The third kappa shape index (κ3) is 5.63. The summed E-state index contributed by atoms with van der Waals surface area (Å²) >= 11 is 0. The van der Waals surface area contributed by atoms with Crippen LogP contribution >= 0.6 is 0 Å². The van der Waals surface area contributed by atoms with Crippen molar-refractivity contribution < 1.29 is 0 Å². The van der Waals surface area contributed by atoms with E-state index < -0.39 is 0 Å². The molecular formula is C21H31N3. The van der Waals surface area contributed by atoms with E-state index in [0.29, 0.717) is 0 Å². The van der Waals surface area contributed by atoms with E-state index in [4.69, 9.17) is 10.1 Å². The maximum absolute atomic E-state index is 4.74. The number of nitrogens with zero attached hydrogens (tertiary/aromatic N) is 3. The molecule has 1 heterocycles. The van der Waals surface area contributed by atoms with Gasteiger partial charge >= 0.3 is 0 Å². The first-order valence-corrected chi connectivity index (χ1v) is 9.40. The third-order valence-corrected chi connectivity index (χ3v) is 4.41. The van der Waals surface area contributed by atoms with Crippen molar-refractivity contribution in [2.45, 2.75) is 71.8 Å². The van der Waals surface area contributed by atoms with E-state index in [2.05, 4.69) is 49.4 Å². The molecule has 0 bridgehead atoms. The molecule has 2 aromatic rings. The normalized spacial score (nSPS) is 10.9. The van der Waals surface area contributed by atoms with Crippen molar-refractivity contribution in [3.8, 4) is 0 Å². The van der Waals surface area contributed by atoms with E-state index in [-0.39, 0.29) is 0 Å². The molecule has 2 rings (SSSR count). The molecule has 1 aromatic carbocycles. The standard InChI is InChI=1S/C21H31N3/c1-4-7-8-9-10-11-12-20-22-21(6-3)24(23-20)17-19-15-13-18(5-2)14-16-19/h5,13-16H,2,4,6-12,17H2,1,3H3. The van der Waals surface area contributed by atoms with Crippen LogP contribution in [-0.4, -0.2) is 14.8 Å². The lowest BCUT2D eigenvalue weighted by atomic mass is 10.1. The molecule has 0 aliphatic carbocycles. The summed E-state index contributed by atoms with van der Waals surface area (Å²) in [6, 6.07) is 8.49. The molecule has 3 nitrogen and oxygen atoms in total. The number of rotatable bonds is 11. The smallest absolute Gasteiger partial charge is 0.150 e. The maximum atomic E-state index is 4.74. The molecule has 0 unspecified atom stereocenters. The van der Waals surface area contributed by atoms with E-state index in [1.165, 1.54) is 44.1 Å². The quantitative estimate of drug-likeness (QED) is 0.515. The number of unbranched alkanes of at least 4 members (excludes halogenated alkanes) is 5. The van der Waals surface area contributed by atoms with Gasteiger partial charge in [0.2, 0.25) is 0 Å². The summed E-state index contributed by atoms with van der Waals surface area (Å²) in [5, 5.41) is 4.74. The van der Waals surface area contributed by atoms with Crippen molar-refractivity contribution in [2.24, 2.45) is 0 Å². The summed E-state index contributed by atoms with van der Waals surface area (Å²) < 4.78 is 2.06. The van der Waals surface area contributed by atoms with Gasteiger partial charge in [-0.2, -0.15) is 5.10 Å². The van der Waals surface area contributed by atoms with Crippen LogP contribution in [0.3, 0.4) is 0 Å². The predicted molar refractivity (Wildman–Crippen MR) is 102 cm³/mol. The van der Waals surface area contributed by atoms with Gasteiger partial charge in [-0.25, -0.2) is 9.67 Å². The molecule has 0 amide bonds. The lowest BCUT2D eigenvalue weighted by Crippen LogP contribution is -2.06. The zero-order chi connectivity index (χ0) is 17.2. The van der Waals surface area contributed by atoms with Crippen molar-refractivity contribution in [3.05, 3.63) is 53.6 Å². The fourth-order valence-corrected chi connectivity index (χ4v) is 2.92. The highest BCUT2D eigenvalue weighted by atomic mass is 15.3. The first-order chi connectivity index (χ1) is 11.8. The molecule has 0 spiro atoms. The highest BCUT2D eigenvalue weighted by molar-refractivity contribution is 5.47. The van der Waals surface area contributed by atoms with Gasteiger partial charge in [-0.05, 0) is 17.5 Å². The van der Waals surface area contributed by atoms with E-state index >= 15 is 0 Å². The second kappa shape index (κ2) is 10.1. The second-order valence-corrected chi connectivity index (χ2v) is 6.42. The van der Waals surface area contributed by atoms with Crippen LogP contribution in [0.25, 0.3) is 6.08 Å². The second-order valence-electron chi connectivity index (χ2n) is 6.42. The summed E-state index contributed by atoms with van der Waals surface area (Å²) in [4.78, 5) is 4.73. The van der Waals surface area contributed by atoms with Crippen LogP contribution in [0, 0.1) is 0 Å². The summed E-state index contributed by atoms with van der Waals surface area (Å²) in [7, 11) is 0. The Bertz CT molecular complexity index is 611. The van der Waals surface area contributed by atoms with Crippen molar-refractivity contribution >= 4 is 6.08 Å². The van der Waals surface area contributed by atoms with Crippen molar-refractivity contribution in [1.82, 2.24) is 14.8 Å². The lowest BCUT2D eigenvalue weighted by Gasteiger charge is -2.05. The Hall–Kier alpha value is -1.90. The summed E-state index contributed by atoms with van der Waals surface area (Å²) in [6.07, 6.45) is 11.6. The molecule has 0 aliphatic heterocycles. The molecule has 0 saturated carbocycles. The number of hydrogen-bond acceptors (Lipinski definition) is 2. The zero-order valence-electron chi connectivity index (χ0n) is 15.3. The van der Waals surface area contributed by atoms with Crippen LogP contribution in [-0.2, 0) is 19.4 Å². The fourth-order valence-electron chi connectivity index (χ4n) is 2.92. The van der Waals surface area contributed by atoms with Crippen LogP contribution in [0.5, 0.6) is 0 Å². The summed E-state index contributed by atoms with van der Waals surface area (Å²) in [5.74, 6) is 2.09. The topological polar surface area (TPSA) is 30.7 Å². The van der Waals surface area contributed by atoms with Gasteiger partial charge in [0.25, 0.3) is 0 Å². The summed E-state index contributed by atoms with van der Waals surface area (Å²) in [6.45, 7) is 9.00. The van der Waals surface area contributed by atoms with Crippen LogP contribution in [0.1, 0.15) is 75.1 Å². The number of aryl methyl sites for hydroxylation is 2. The average Bonchev–Trinajstić information content (AvgIpc) is 3.00. The van der Waals surface area contributed by atoms with Crippen molar-refractivity contribution in [1.29, 1.82) is 0 Å². The zero-order valence-corrected chi connectivity index (χ0v) is 15.3. The SMILES string of the molecule is C=Cc1ccc(Cn2nc(CCCCCCCC)nc2CC)cc1. The Labute approximate surface area is 146 Å². The number of aromatic nitrogens is 3. The molecule has 0 radical (unpaired) electrons. The molecule has 0 atom stereocenters. The molecule has 24 heavy (non-hydrogen) atoms. The predicted octanol–water partition coefficient (Wildman–Crippen LogP) is 5.43.